The van der Waals surface area contributed by atoms with E-state index in [-0.39, 0.29) is 17.4 Å². The Morgan fingerprint density at radius 1 is 1.07 bits per heavy atom. The van der Waals surface area contributed by atoms with Crippen LogP contribution in [0.15, 0.2) is 29.3 Å². The van der Waals surface area contributed by atoms with E-state index in [1.165, 1.54) is 0 Å². The Morgan fingerprint density at radius 2 is 1.70 bits per heavy atom. The number of rotatable bonds is 9. The number of aliphatic imine (C=N–C) groups is 1. The lowest BCUT2D eigenvalue weighted by Crippen LogP contribution is -2.42. The summed E-state index contributed by atoms with van der Waals surface area (Å²) in [4.78, 5) is 16.7. The minimum atomic E-state index is -0.117. The maximum Gasteiger partial charge on any atom is 0.251 e. The molecule has 0 saturated carbocycles. The first-order valence-corrected chi connectivity index (χ1v) is 9.29. The summed E-state index contributed by atoms with van der Waals surface area (Å²) in [6.45, 7) is 10.8. The van der Waals surface area contributed by atoms with Crippen LogP contribution in [0.5, 0.6) is 5.75 Å². The van der Waals surface area contributed by atoms with Crippen molar-refractivity contribution in [3.05, 3.63) is 29.8 Å². The smallest absolute Gasteiger partial charge is 0.251 e. The van der Waals surface area contributed by atoms with Crippen molar-refractivity contribution in [2.75, 3.05) is 40.4 Å². The third-order valence-corrected chi connectivity index (χ3v) is 4.07. The quantitative estimate of drug-likeness (QED) is 0.348. The number of carbonyl (C=O) groups is 1. The van der Waals surface area contributed by atoms with Gasteiger partial charge in [0.1, 0.15) is 5.75 Å². The summed E-state index contributed by atoms with van der Waals surface area (Å²) in [5.41, 5.74) is 0.617. The molecule has 1 aromatic rings. The van der Waals surface area contributed by atoms with E-state index < -0.39 is 0 Å². The summed E-state index contributed by atoms with van der Waals surface area (Å²) in [6, 6.07) is 7.02. The highest BCUT2D eigenvalue weighted by atomic mass is 16.5. The van der Waals surface area contributed by atoms with Gasteiger partial charge in [0.2, 0.25) is 0 Å². The van der Waals surface area contributed by atoms with E-state index in [9.17, 15) is 4.79 Å². The molecule has 1 rings (SSSR count). The van der Waals surface area contributed by atoms with Gasteiger partial charge in [-0.1, -0.05) is 20.8 Å². The van der Waals surface area contributed by atoms with Gasteiger partial charge < -0.3 is 25.4 Å². The molecular formula is C20H34N4O3. The molecule has 7 nitrogen and oxygen atoms in total. The number of nitrogens with zero attached hydrogens (tertiary/aromatic N) is 1. The van der Waals surface area contributed by atoms with E-state index in [0.717, 1.165) is 12.3 Å². The predicted octanol–water partition coefficient (Wildman–Crippen LogP) is 2.04. The molecule has 1 atom stereocenters. The van der Waals surface area contributed by atoms with Gasteiger partial charge in [-0.05, 0) is 36.6 Å². The molecule has 7 heteroatoms. The first kappa shape index (κ1) is 22.8. The van der Waals surface area contributed by atoms with Gasteiger partial charge in [-0.15, -0.1) is 0 Å². The topological polar surface area (TPSA) is 84.0 Å². The fourth-order valence-corrected chi connectivity index (χ4v) is 2.42. The Hall–Kier alpha value is -2.28. The summed E-state index contributed by atoms with van der Waals surface area (Å²) in [5.74, 6) is 1.32. The maximum absolute atomic E-state index is 12.1. The SMILES string of the molecule is CCNC(=NCC(OC)C(C)(C)C)NCCNC(=O)c1ccc(OC)cc1. The van der Waals surface area contributed by atoms with Gasteiger partial charge in [0.15, 0.2) is 5.96 Å². The van der Waals surface area contributed by atoms with E-state index in [4.69, 9.17) is 9.47 Å². The molecule has 0 bridgehead atoms. The fourth-order valence-electron chi connectivity index (χ4n) is 2.42. The van der Waals surface area contributed by atoms with Gasteiger partial charge in [-0.25, -0.2) is 0 Å². The van der Waals surface area contributed by atoms with Crippen molar-refractivity contribution in [1.29, 1.82) is 0 Å². The van der Waals surface area contributed by atoms with Crippen molar-refractivity contribution in [3.8, 4) is 5.75 Å². The molecule has 0 aliphatic heterocycles. The second kappa shape index (κ2) is 11.4. The van der Waals surface area contributed by atoms with E-state index in [2.05, 4.69) is 41.7 Å². The maximum atomic E-state index is 12.1. The largest absolute Gasteiger partial charge is 0.497 e. The predicted molar refractivity (Wildman–Crippen MR) is 110 cm³/mol. The van der Waals surface area contributed by atoms with Crippen molar-refractivity contribution in [3.63, 3.8) is 0 Å². The van der Waals surface area contributed by atoms with Crippen molar-refractivity contribution >= 4 is 11.9 Å². The van der Waals surface area contributed by atoms with Crippen LogP contribution in [0.25, 0.3) is 0 Å². The van der Waals surface area contributed by atoms with Gasteiger partial charge in [0.05, 0.1) is 19.8 Å². The second-order valence-electron chi connectivity index (χ2n) is 7.22. The van der Waals surface area contributed by atoms with Crippen LogP contribution in [0.4, 0.5) is 0 Å². The summed E-state index contributed by atoms with van der Waals surface area (Å²) in [7, 11) is 3.31. The van der Waals surface area contributed by atoms with Crippen LogP contribution in [0, 0.1) is 5.41 Å². The zero-order valence-corrected chi connectivity index (χ0v) is 17.4. The third kappa shape index (κ3) is 8.30. The van der Waals surface area contributed by atoms with E-state index >= 15 is 0 Å². The number of methoxy groups -OCH3 is 2. The lowest BCUT2D eigenvalue weighted by molar-refractivity contribution is 0.0241. The van der Waals surface area contributed by atoms with Crippen molar-refractivity contribution in [1.82, 2.24) is 16.0 Å². The fraction of sp³-hybridized carbons (Fsp3) is 0.600. The third-order valence-electron chi connectivity index (χ3n) is 4.07. The lowest BCUT2D eigenvalue weighted by atomic mass is 9.89. The minimum Gasteiger partial charge on any atom is -0.497 e. The molecule has 0 saturated heterocycles. The zero-order chi connectivity index (χ0) is 20.3. The summed E-state index contributed by atoms with van der Waals surface area (Å²) in [6.07, 6.45) is 0.0303. The number of hydrogen-bond donors (Lipinski definition) is 3. The number of amides is 1. The molecule has 0 radical (unpaired) electrons. The van der Waals surface area contributed by atoms with E-state index in [1.54, 1.807) is 38.5 Å². The Labute approximate surface area is 162 Å². The van der Waals surface area contributed by atoms with Crippen LogP contribution in [0.2, 0.25) is 0 Å². The molecule has 0 aromatic heterocycles. The number of hydrogen-bond acceptors (Lipinski definition) is 4. The highest BCUT2D eigenvalue weighted by Crippen LogP contribution is 2.21. The highest BCUT2D eigenvalue weighted by Gasteiger charge is 2.24. The molecule has 0 aliphatic rings. The summed E-state index contributed by atoms with van der Waals surface area (Å²) in [5, 5.41) is 9.31. The van der Waals surface area contributed by atoms with Crippen LogP contribution in [0.3, 0.4) is 0 Å². The average molecular weight is 379 g/mol. The van der Waals surface area contributed by atoms with Crippen LogP contribution in [-0.2, 0) is 4.74 Å². The summed E-state index contributed by atoms with van der Waals surface area (Å²) < 4.78 is 10.6. The molecule has 152 valence electrons. The Morgan fingerprint density at radius 3 is 2.22 bits per heavy atom. The lowest BCUT2D eigenvalue weighted by Gasteiger charge is -2.28. The Bertz CT molecular complexity index is 594. The van der Waals surface area contributed by atoms with Gasteiger partial charge in [-0.2, -0.15) is 0 Å². The van der Waals surface area contributed by atoms with Crippen molar-refractivity contribution < 1.29 is 14.3 Å². The molecule has 0 spiro atoms. The van der Waals surface area contributed by atoms with Crippen molar-refractivity contribution in [2.45, 2.75) is 33.8 Å². The molecule has 1 amide bonds. The van der Waals surface area contributed by atoms with Crippen LogP contribution >= 0.6 is 0 Å². The normalized spacial score (nSPS) is 13.0. The number of benzene rings is 1. The van der Waals surface area contributed by atoms with Crippen molar-refractivity contribution in [2.24, 2.45) is 10.4 Å². The van der Waals surface area contributed by atoms with Crippen LogP contribution in [0.1, 0.15) is 38.1 Å². The van der Waals surface area contributed by atoms with E-state index in [1.807, 2.05) is 6.92 Å². The van der Waals surface area contributed by atoms with Gasteiger partial charge in [0, 0.05) is 32.3 Å². The van der Waals surface area contributed by atoms with Gasteiger partial charge in [0.25, 0.3) is 5.91 Å². The van der Waals surface area contributed by atoms with Gasteiger partial charge in [-0.3, -0.25) is 9.79 Å². The molecule has 0 aliphatic carbocycles. The monoisotopic (exact) mass is 378 g/mol. The standard InChI is InChI=1S/C20H34N4O3/c1-7-21-19(24-14-17(27-6)20(2,3)4)23-13-12-22-18(25)15-8-10-16(26-5)11-9-15/h8-11,17H,7,12-14H2,1-6H3,(H,22,25)(H2,21,23,24). The molecule has 1 unspecified atom stereocenters. The molecule has 0 heterocycles. The number of guanidine groups is 1. The van der Waals surface area contributed by atoms with E-state index in [0.29, 0.717) is 31.2 Å². The first-order valence-electron chi connectivity index (χ1n) is 9.29. The Balaban J connectivity index is 2.47. The minimum absolute atomic E-state index is 0.0158. The Kier molecular flexibility index (Phi) is 9.64. The van der Waals surface area contributed by atoms with Crippen LogP contribution < -0.4 is 20.7 Å². The zero-order valence-electron chi connectivity index (χ0n) is 17.4. The number of nitrogens with one attached hydrogen (secondary N) is 3. The molecule has 0 fully saturated rings. The van der Waals surface area contributed by atoms with Crippen LogP contribution in [-0.4, -0.2) is 58.4 Å². The second-order valence-corrected chi connectivity index (χ2v) is 7.22. The first-order chi connectivity index (χ1) is 12.8. The number of ether oxygens (including phenoxy) is 2. The molecule has 1 aromatic carbocycles. The van der Waals surface area contributed by atoms with Gasteiger partial charge >= 0.3 is 0 Å². The number of carbonyl (C=O) groups excluding carboxylic acids is 1. The molecule has 3 N–H and O–H groups in total. The average Bonchev–Trinajstić information content (AvgIpc) is 2.64. The molecular weight excluding hydrogens is 344 g/mol. The molecule has 27 heavy (non-hydrogen) atoms. The highest BCUT2D eigenvalue weighted by molar-refractivity contribution is 5.94. The summed E-state index contributed by atoms with van der Waals surface area (Å²) >= 11 is 0.